The van der Waals surface area contributed by atoms with Crippen LogP contribution in [-0.4, -0.2) is 15.0 Å². The second kappa shape index (κ2) is 6.87. The molecule has 0 N–H and O–H groups in total. The van der Waals surface area contributed by atoms with Gasteiger partial charge in [-0.15, -0.1) is 0 Å². The number of sulfonamides is 1. The predicted octanol–water partition coefficient (Wildman–Crippen LogP) is 5.86. The summed E-state index contributed by atoms with van der Waals surface area (Å²) < 4.78 is 66.3. The molecule has 7 heteroatoms. The summed E-state index contributed by atoms with van der Waals surface area (Å²) in [6.45, 7) is 4.21. The number of rotatable bonds is 3. The summed E-state index contributed by atoms with van der Waals surface area (Å²) in [5.74, 6) is 0. The van der Waals surface area contributed by atoms with Gasteiger partial charge in [0.05, 0.1) is 16.1 Å². The Labute approximate surface area is 173 Å². The van der Waals surface area contributed by atoms with Crippen molar-refractivity contribution in [3.63, 3.8) is 0 Å². The zero-order valence-electron chi connectivity index (χ0n) is 16.4. The SMILES string of the molecule is CC1(C)CN(S(=O)(=O)c2ccccc2)c2ccc(-c3ccc(C(F)(F)F)cc3)cc21. The quantitative estimate of drug-likeness (QED) is 0.521. The monoisotopic (exact) mass is 431 g/mol. The predicted molar refractivity (Wildman–Crippen MR) is 111 cm³/mol. The third-order valence-corrected chi connectivity index (χ3v) is 7.18. The molecule has 0 spiro atoms. The molecular weight excluding hydrogens is 411 g/mol. The molecule has 0 amide bonds. The maximum atomic E-state index is 13.2. The molecule has 0 atom stereocenters. The van der Waals surface area contributed by atoms with Crippen LogP contribution in [-0.2, 0) is 21.6 Å². The standard InChI is InChI=1S/C23H20F3NO2S/c1-22(2)15-27(30(28,29)19-6-4-3-5-7-19)21-13-10-17(14-20(21)22)16-8-11-18(12-9-16)23(24,25)26/h3-14H,15H2,1-2H3. The van der Waals surface area contributed by atoms with Crippen molar-refractivity contribution in [2.45, 2.75) is 30.3 Å². The molecule has 0 saturated heterocycles. The van der Waals surface area contributed by atoms with Crippen molar-refractivity contribution in [3.8, 4) is 11.1 Å². The lowest BCUT2D eigenvalue weighted by molar-refractivity contribution is -0.137. The number of nitrogens with zero attached hydrogens (tertiary/aromatic N) is 1. The van der Waals surface area contributed by atoms with Gasteiger partial charge in [0.25, 0.3) is 10.0 Å². The van der Waals surface area contributed by atoms with E-state index in [-0.39, 0.29) is 11.4 Å². The Morgan fingerprint density at radius 1 is 0.867 bits per heavy atom. The molecule has 0 saturated carbocycles. The average molecular weight is 431 g/mol. The highest BCUT2D eigenvalue weighted by Gasteiger charge is 2.41. The van der Waals surface area contributed by atoms with Crippen LogP contribution in [0.5, 0.6) is 0 Å². The molecule has 1 aliphatic rings. The Hall–Kier alpha value is -2.80. The molecule has 0 fully saturated rings. The van der Waals surface area contributed by atoms with Crippen molar-refractivity contribution in [1.29, 1.82) is 0 Å². The first-order chi connectivity index (χ1) is 14.0. The van der Waals surface area contributed by atoms with Crippen LogP contribution >= 0.6 is 0 Å². The van der Waals surface area contributed by atoms with E-state index in [2.05, 4.69) is 0 Å². The van der Waals surface area contributed by atoms with Gasteiger partial charge in [0.2, 0.25) is 0 Å². The fourth-order valence-electron chi connectivity index (χ4n) is 3.79. The van der Waals surface area contributed by atoms with Gasteiger partial charge in [-0.25, -0.2) is 8.42 Å². The van der Waals surface area contributed by atoms with Crippen LogP contribution in [0.1, 0.15) is 25.0 Å². The van der Waals surface area contributed by atoms with Crippen molar-refractivity contribution in [2.24, 2.45) is 0 Å². The van der Waals surface area contributed by atoms with Gasteiger partial charge >= 0.3 is 6.18 Å². The van der Waals surface area contributed by atoms with E-state index < -0.39 is 27.2 Å². The molecule has 1 aliphatic heterocycles. The third kappa shape index (κ3) is 3.47. The van der Waals surface area contributed by atoms with Gasteiger partial charge in [-0.2, -0.15) is 13.2 Å². The molecule has 4 rings (SSSR count). The smallest absolute Gasteiger partial charge is 0.265 e. The summed E-state index contributed by atoms with van der Waals surface area (Å²) in [6.07, 6.45) is -4.38. The first kappa shape index (κ1) is 20.5. The van der Waals surface area contributed by atoms with Crippen LogP contribution in [0.15, 0.2) is 77.7 Å². The van der Waals surface area contributed by atoms with Crippen molar-refractivity contribution >= 4 is 15.7 Å². The first-order valence-corrected chi connectivity index (χ1v) is 10.8. The fourth-order valence-corrected chi connectivity index (χ4v) is 5.46. The lowest BCUT2D eigenvalue weighted by Crippen LogP contribution is -2.33. The summed E-state index contributed by atoms with van der Waals surface area (Å²) in [6, 6.07) is 18.6. The molecule has 0 radical (unpaired) electrons. The Morgan fingerprint density at radius 2 is 1.47 bits per heavy atom. The molecule has 3 aromatic rings. The van der Waals surface area contributed by atoms with Crippen LogP contribution in [0.3, 0.4) is 0 Å². The number of benzene rings is 3. The zero-order valence-corrected chi connectivity index (χ0v) is 17.3. The lowest BCUT2D eigenvalue weighted by Gasteiger charge is -2.22. The van der Waals surface area contributed by atoms with Crippen LogP contribution in [0, 0.1) is 0 Å². The van der Waals surface area contributed by atoms with Crippen LogP contribution < -0.4 is 4.31 Å². The van der Waals surface area contributed by atoms with E-state index in [9.17, 15) is 21.6 Å². The Kier molecular flexibility index (Phi) is 4.69. The van der Waals surface area contributed by atoms with Crippen molar-refractivity contribution < 1.29 is 21.6 Å². The normalized spacial score (nSPS) is 15.8. The second-order valence-electron chi connectivity index (χ2n) is 8.02. The summed E-state index contributed by atoms with van der Waals surface area (Å²) in [5.41, 5.74) is 1.69. The number of halogens is 3. The molecular formula is C23H20F3NO2S. The van der Waals surface area contributed by atoms with E-state index in [1.165, 1.54) is 16.4 Å². The molecule has 0 aliphatic carbocycles. The zero-order chi connectivity index (χ0) is 21.7. The highest BCUT2D eigenvalue weighted by molar-refractivity contribution is 7.92. The van der Waals surface area contributed by atoms with Gasteiger partial charge < -0.3 is 0 Å². The van der Waals surface area contributed by atoms with E-state index in [0.29, 0.717) is 11.3 Å². The Morgan fingerprint density at radius 3 is 2.07 bits per heavy atom. The van der Waals surface area contributed by atoms with E-state index in [4.69, 9.17) is 0 Å². The molecule has 0 unspecified atom stereocenters. The second-order valence-corrected chi connectivity index (χ2v) is 9.88. The van der Waals surface area contributed by atoms with E-state index >= 15 is 0 Å². The molecule has 1 heterocycles. The van der Waals surface area contributed by atoms with Crippen molar-refractivity contribution in [1.82, 2.24) is 0 Å². The average Bonchev–Trinajstić information content (AvgIpc) is 2.99. The van der Waals surface area contributed by atoms with Crippen LogP contribution in [0.25, 0.3) is 11.1 Å². The maximum Gasteiger partial charge on any atom is 0.416 e. The molecule has 0 aromatic heterocycles. The van der Waals surface area contributed by atoms with Gasteiger partial charge in [-0.1, -0.05) is 50.2 Å². The molecule has 0 bridgehead atoms. The van der Waals surface area contributed by atoms with Crippen molar-refractivity contribution in [2.75, 3.05) is 10.8 Å². The number of anilines is 1. The largest absolute Gasteiger partial charge is 0.416 e. The van der Waals surface area contributed by atoms with Crippen LogP contribution in [0.4, 0.5) is 18.9 Å². The molecule has 3 aromatic carbocycles. The molecule has 156 valence electrons. The summed E-state index contributed by atoms with van der Waals surface area (Å²) >= 11 is 0. The number of alkyl halides is 3. The maximum absolute atomic E-state index is 13.2. The number of fused-ring (bicyclic) bond motifs is 1. The Bertz CT molecular complexity index is 1190. The van der Waals surface area contributed by atoms with Gasteiger partial charge in [0, 0.05) is 12.0 Å². The minimum Gasteiger partial charge on any atom is -0.265 e. The highest BCUT2D eigenvalue weighted by Crippen LogP contribution is 2.45. The van der Waals surface area contributed by atoms with E-state index in [1.807, 2.05) is 19.9 Å². The summed E-state index contributed by atoms with van der Waals surface area (Å²) in [5, 5.41) is 0. The molecule has 30 heavy (non-hydrogen) atoms. The van der Waals surface area contributed by atoms with Gasteiger partial charge in [-0.05, 0) is 53.1 Å². The van der Waals surface area contributed by atoms with Gasteiger partial charge in [0.15, 0.2) is 0 Å². The minimum absolute atomic E-state index is 0.223. The summed E-state index contributed by atoms with van der Waals surface area (Å²) in [4.78, 5) is 0.223. The van der Waals surface area contributed by atoms with Gasteiger partial charge in [0.1, 0.15) is 0 Å². The number of hydrogen-bond acceptors (Lipinski definition) is 2. The molecule has 3 nitrogen and oxygen atoms in total. The highest BCUT2D eigenvalue weighted by atomic mass is 32.2. The third-order valence-electron chi connectivity index (χ3n) is 5.41. The van der Waals surface area contributed by atoms with Gasteiger partial charge in [-0.3, -0.25) is 4.31 Å². The number of hydrogen-bond donors (Lipinski definition) is 0. The lowest BCUT2D eigenvalue weighted by atomic mass is 9.85. The van der Waals surface area contributed by atoms with E-state index in [1.54, 1.807) is 42.5 Å². The topological polar surface area (TPSA) is 37.4 Å². The minimum atomic E-state index is -4.38. The van der Waals surface area contributed by atoms with E-state index in [0.717, 1.165) is 23.3 Å². The fraction of sp³-hybridized carbons (Fsp3) is 0.217. The van der Waals surface area contributed by atoms with Crippen molar-refractivity contribution in [3.05, 3.63) is 83.9 Å². The van der Waals surface area contributed by atoms with Crippen LogP contribution in [0.2, 0.25) is 0 Å². The summed E-state index contributed by atoms with van der Waals surface area (Å²) in [7, 11) is -3.71. The Balaban J connectivity index is 1.75. The first-order valence-electron chi connectivity index (χ1n) is 9.40.